The van der Waals surface area contributed by atoms with E-state index in [-0.39, 0.29) is 0 Å². The lowest BCUT2D eigenvalue weighted by Crippen LogP contribution is -2.39. The molecule has 1 aromatic carbocycles. The lowest BCUT2D eigenvalue weighted by molar-refractivity contribution is 0.133. The lowest BCUT2D eigenvalue weighted by Gasteiger charge is -2.36. The molecule has 1 unspecified atom stereocenters. The van der Waals surface area contributed by atoms with Crippen molar-refractivity contribution >= 4 is 5.70 Å². The van der Waals surface area contributed by atoms with Crippen LogP contribution in [0.25, 0.3) is 17.0 Å². The summed E-state index contributed by atoms with van der Waals surface area (Å²) in [6, 6.07) is 13.9. The summed E-state index contributed by atoms with van der Waals surface area (Å²) in [7, 11) is 0. The maximum Gasteiger partial charge on any atom is 0.0702 e. The first-order valence-corrected chi connectivity index (χ1v) is 13.6. The van der Waals surface area contributed by atoms with Crippen molar-refractivity contribution in [2.75, 3.05) is 26.2 Å². The van der Waals surface area contributed by atoms with Crippen molar-refractivity contribution in [3.8, 4) is 11.3 Å². The second-order valence-electron chi connectivity index (χ2n) is 11.8. The summed E-state index contributed by atoms with van der Waals surface area (Å²) in [4.78, 5) is 9.95. The summed E-state index contributed by atoms with van der Waals surface area (Å²) in [6.45, 7) is 18.6. The standard InChI is InChI=1S/C31H45N3/c1-6-29-8-7-19-34(29)24(2)27-12-14-28(15-13-27)30-16-11-26(22-32-30)10-9-25-17-20-33(21-18-25)23-31(3,4)5/h11-16,22,25,29H,2,6-10,17-21,23H2,1,3-5H3. The molecule has 2 aromatic rings. The molecule has 3 nitrogen and oxygen atoms in total. The summed E-state index contributed by atoms with van der Waals surface area (Å²) >= 11 is 0. The molecule has 2 fully saturated rings. The molecule has 3 heterocycles. The van der Waals surface area contributed by atoms with Crippen LogP contribution < -0.4 is 0 Å². The minimum atomic E-state index is 0.403. The van der Waals surface area contributed by atoms with Gasteiger partial charge in [-0.05, 0) is 86.6 Å². The van der Waals surface area contributed by atoms with Crippen LogP contribution in [0.15, 0.2) is 49.2 Å². The molecule has 3 heteroatoms. The predicted octanol–water partition coefficient (Wildman–Crippen LogP) is 7.28. The number of benzene rings is 1. The first-order chi connectivity index (χ1) is 16.3. The van der Waals surface area contributed by atoms with Gasteiger partial charge >= 0.3 is 0 Å². The average molecular weight is 460 g/mol. The molecular weight excluding hydrogens is 414 g/mol. The molecule has 0 spiro atoms. The maximum absolute atomic E-state index is 4.80. The van der Waals surface area contributed by atoms with Gasteiger partial charge in [-0.1, -0.05) is 64.6 Å². The Hall–Kier alpha value is -2.13. The Bertz CT molecular complexity index is 915. The number of nitrogens with zero attached hydrogens (tertiary/aromatic N) is 3. The molecular formula is C31H45N3. The van der Waals surface area contributed by atoms with Crippen LogP contribution in [0.5, 0.6) is 0 Å². The van der Waals surface area contributed by atoms with Gasteiger partial charge in [-0.3, -0.25) is 4.98 Å². The van der Waals surface area contributed by atoms with Crippen molar-refractivity contribution in [1.29, 1.82) is 0 Å². The quantitative estimate of drug-likeness (QED) is 0.413. The Morgan fingerprint density at radius 3 is 2.35 bits per heavy atom. The van der Waals surface area contributed by atoms with Gasteiger partial charge < -0.3 is 9.80 Å². The normalized spacial score (nSPS) is 20.1. The van der Waals surface area contributed by atoms with E-state index in [2.05, 4.69) is 86.7 Å². The number of pyridine rings is 1. The smallest absolute Gasteiger partial charge is 0.0702 e. The Kier molecular flexibility index (Phi) is 8.14. The van der Waals surface area contributed by atoms with Crippen molar-refractivity contribution in [3.63, 3.8) is 0 Å². The van der Waals surface area contributed by atoms with Crippen molar-refractivity contribution in [1.82, 2.24) is 14.8 Å². The topological polar surface area (TPSA) is 19.4 Å². The number of likely N-dealkylation sites (tertiary alicyclic amines) is 2. The van der Waals surface area contributed by atoms with Crippen molar-refractivity contribution in [3.05, 3.63) is 60.3 Å². The molecule has 2 saturated heterocycles. The zero-order chi connectivity index (χ0) is 24.1. The van der Waals surface area contributed by atoms with Crippen LogP contribution in [0.3, 0.4) is 0 Å². The van der Waals surface area contributed by atoms with Gasteiger partial charge in [0.05, 0.1) is 5.69 Å². The molecule has 0 radical (unpaired) electrons. The van der Waals surface area contributed by atoms with Crippen LogP contribution >= 0.6 is 0 Å². The Labute approximate surface area is 208 Å². The second-order valence-corrected chi connectivity index (χ2v) is 11.8. The van der Waals surface area contributed by atoms with E-state index in [9.17, 15) is 0 Å². The summed E-state index contributed by atoms with van der Waals surface area (Å²) < 4.78 is 0. The van der Waals surface area contributed by atoms with Crippen LogP contribution in [0, 0.1) is 11.3 Å². The van der Waals surface area contributed by atoms with Crippen molar-refractivity contribution < 1.29 is 0 Å². The monoisotopic (exact) mass is 459 g/mol. The molecule has 0 N–H and O–H groups in total. The summed E-state index contributed by atoms with van der Waals surface area (Å²) in [5.41, 5.74) is 6.41. The van der Waals surface area contributed by atoms with Gasteiger partial charge in [0.25, 0.3) is 0 Å². The van der Waals surface area contributed by atoms with Gasteiger partial charge in [-0.2, -0.15) is 0 Å². The highest BCUT2D eigenvalue weighted by Crippen LogP contribution is 2.30. The molecule has 2 aliphatic heterocycles. The molecule has 1 atom stereocenters. The van der Waals surface area contributed by atoms with E-state index < -0.39 is 0 Å². The van der Waals surface area contributed by atoms with Crippen molar-refractivity contribution in [2.24, 2.45) is 11.3 Å². The fraction of sp³-hybridized carbons (Fsp3) is 0.581. The van der Waals surface area contributed by atoms with E-state index in [1.54, 1.807) is 0 Å². The van der Waals surface area contributed by atoms with Crippen LogP contribution in [0.2, 0.25) is 0 Å². The molecule has 0 amide bonds. The first kappa shape index (κ1) is 25.0. The fourth-order valence-electron chi connectivity index (χ4n) is 5.83. The summed E-state index contributed by atoms with van der Waals surface area (Å²) in [6.07, 6.45) is 11.0. The molecule has 0 aliphatic carbocycles. The lowest BCUT2D eigenvalue weighted by atomic mass is 9.89. The fourth-order valence-corrected chi connectivity index (χ4v) is 5.83. The predicted molar refractivity (Wildman–Crippen MR) is 146 cm³/mol. The Balaban J connectivity index is 1.27. The summed E-state index contributed by atoms with van der Waals surface area (Å²) in [5, 5.41) is 0. The van der Waals surface area contributed by atoms with E-state index in [0.29, 0.717) is 11.5 Å². The van der Waals surface area contributed by atoms with E-state index in [1.165, 1.54) is 80.5 Å². The minimum Gasteiger partial charge on any atom is -0.369 e. The number of aromatic nitrogens is 1. The number of aryl methyl sites for hydroxylation is 1. The molecule has 0 bridgehead atoms. The molecule has 0 saturated carbocycles. The number of piperidine rings is 1. The number of hydrogen-bond acceptors (Lipinski definition) is 3. The highest BCUT2D eigenvalue weighted by Gasteiger charge is 2.25. The number of rotatable bonds is 8. The van der Waals surface area contributed by atoms with Crippen LogP contribution in [0.4, 0.5) is 0 Å². The highest BCUT2D eigenvalue weighted by atomic mass is 15.2. The molecule has 184 valence electrons. The maximum atomic E-state index is 4.80. The van der Waals surface area contributed by atoms with Crippen LogP contribution in [-0.2, 0) is 6.42 Å². The average Bonchev–Trinajstić information content (AvgIpc) is 3.32. The zero-order valence-corrected chi connectivity index (χ0v) is 22.0. The van der Waals surface area contributed by atoms with E-state index in [1.807, 2.05) is 0 Å². The van der Waals surface area contributed by atoms with Crippen LogP contribution in [0.1, 0.15) is 77.3 Å². The van der Waals surface area contributed by atoms with Gasteiger partial charge in [0.2, 0.25) is 0 Å². The molecule has 34 heavy (non-hydrogen) atoms. The van der Waals surface area contributed by atoms with Gasteiger partial charge in [0.1, 0.15) is 0 Å². The minimum absolute atomic E-state index is 0.403. The Morgan fingerprint density at radius 2 is 1.74 bits per heavy atom. The third-order valence-corrected chi connectivity index (χ3v) is 7.78. The van der Waals surface area contributed by atoms with E-state index >= 15 is 0 Å². The van der Waals surface area contributed by atoms with Gasteiger partial charge in [-0.15, -0.1) is 0 Å². The first-order valence-electron chi connectivity index (χ1n) is 13.6. The van der Waals surface area contributed by atoms with Crippen molar-refractivity contribution in [2.45, 2.75) is 78.7 Å². The van der Waals surface area contributed by atoms with Gasteiger partial charge in [0, 0.05) is 36.6 Å². The Morgan fingerprint density at radius 1 is 1.00 bits per heavy atom. The summed E-state index contributed by atoms with van der Waals surface area (Å²) in [5.74, 6) is 0.861. The second kappa shape index (κ2) is 11.1. The molecule has 1 aromatic heterocycles. The van der Waals surface area contributed by atoms with Gasteiger partial charge in [0.15, 0.2) is 0 Å². The van der Waals surface area contributed by atoms with Gasteiger partial charge in [-0.25, -0.2) is 0 Å². The highest BCUT2D eigenvalue weighted by molar-refractivity contribution is 5.67. The van der Waals surface area contributed by atoms with Crippen LogP contribution in [-0.4, -0.2) is 47.0 Å². The largest absolute Gasteiger partial charge is 0.369 e. The van der Waals surface area contributed by atoms with E-state index in [4.69, 9.17) is 4.98 Å². The SMILES string of the molecule is C=C(c1ccc(-c2ccc(CCC3CCN(CC(C)(C)C)CC3)cn2)cc1)N1CCCC1CC. The number of hydrogen-bond donors (Lipinski definition) is 0. The third kappa shape index (κ3) is 6.50. The molecule has 2 aliphatic rings. The molecule has 4 rings (SSSR count). The zero-order valence-electron chi connectivity index (χ0n) is 22.0. The van der Waals surface area contributed by atoms with E-state index in [0.717, 1.165) is 24.6 Å². The third-order valence-electron chi connectivity index (χ3n) is 7.78.